The molecule has 2 unspecified atom stereocenters. The second kappa shape index (κ2) is 5.42. The number of rotatable bonds is 2. The van der Waals surface area contributed by atoms with E-state index in [1.807, 2.05) is 11.8 Å². The lowest BCUT2D eigenvalue weighted by Crippen LogP contribution is -2.49. The van der Waals surface area contributed by atoms with Crippen LogP contribution in [0.15, 0.2) is 16.6 Å². The summed E-state index contributed by atoms with van der Waals surface area (Å²) in [5.74, 6) is -0.349. The van der Waals surface area contributed by atoms with Crippen molar-refractivity contribution in [2.45, 2.75) is 19.1 Å². The van der Waals surface area contributed by atoms with Gasteiger partial charge in [0.2, 0.25) is 0 Å². The molecule has 6 heteroatoms. The first kappa shape index (κ1) is 13.6. The van der Waals surface area contributed by atoms with Crippen molar-refractivity contribution in [3.63, 3.8) is 0 Å². The van der Waals surface area contributed by atoms with Crippen molar-refractivity contribution in [1.82, 2.24) is 0 Å². The van der Waals surface area contributed by atoms with Crippen LogP contribution in [-0.4, -0.2) is 37.0 Å². The predicted molar refractivity (Wildman–Crippen MR) is 72.1 cm³/mol. The fourth-order valence-corrected chi connectivity index (χ4v) is 2.43. The molecule has 3 N–H and O–H groups in total. The fraction of sp³-hybridized carbons (Fsp3) is 0.500. The minimum Gasteiger partial charge on any atom is -0.397 e. The molecule has 0 bridgehead atoms. The summed E-state index contributed by atoms with van der Waals surface area (Å²) in [6.45, 7) is 2.92. The minimum absolute atomic E-state index is 0.0534. The highest BCUT2D eigenvalue weighted by Gasteiger charge is 2.27. The summed E-state index contributed by atoms with van der Waals surface area (Å²) in [7, 11) is 0. The Labute approximate surface area is 114 Å². The van der Waals surface area contributed by atoms with Crippen LogP contribution in [0.25, 0.3) is 0 Å². The first-order valence-electron chi connectivity index (χ1n) is 5.76. The molecule has 2 rings (SSSR count). The largest absolute Gasteiger partial charge is 0.397 e. The summed E-state index contributed by atoms with van der Waals surface area (Å²) in [5, 5.41) is 9.15. The molecule has 0 radical (unpaired) electrons. The quantitative estimate of drug-likeness (QED) is 0.816. The van der Waals surface area contributed by atoms with Gasteiger partial charge in [0.05, 0.1) is 35.2 Å². The van der Waals surface area contributed by atoms with Gasteiger partial charge in [-0.15, -0.1) is 0 Å². The Morgan fingerprint density at radius 3 is 3.00 bits per heavy atom. The maximum atomic E-state index is 13.6. The number of morpholine rings is 1. The van der Waals surface area contributed by atoms with Crippen molar-refractivity contribution in [3.05, 3.63) is 22.4 Å². The molecule has 18 heavy (non-hydrogen) atoms. The lowest BCUT2D eigenvalue weighted by atomic mass is 10.1. The SMILES string of the molecule is CC1COC(CO)CN1c1cc(F)c(Br)cc1N. The van der Waals surface area contributed by atoms with Gasteiger partial charge in [0, 0.05) is 18.7 Å². The first-order chi connectivity index (χ1) is 8.52. The average Bonchev–Trinajstić information content (AvgIpc) is 2.35. The monoisotopic (exact) mass is 318 g/mol. The number of hydrogen-bond donors (Lipinski definition) is 2. The Balaban J connectivity index is 2.31. The molecule has 0 aliphatic carbocycles. The van der Waals surface area contributed by atoms with Crippen LogP contribution in [0.1, 0.15) is 6.92 Å². The lowest BCUT2D eigenvalue weighted by molar-refractivity contribution is -0.0103. The zero-order valence-electron chi connectivity index (χ0n) is 10.1. The molecule has 1 aliphatic rings. The number of nitrogens with two attached hydrogens (primary N) is 1. The van der Waals surface area contributed by atoms with Gasteiger partial charge in [-0.3, -0.25) is 0 Å². The van der Waals surface area contributed by atoms with Crippen molar-refractivity contribution in [2.24, 2.45) is 0 Å². The van der Waals surface area contributed by atoms with E-state index >= 15 is 0 Å². The summed E-state index contributed by atoms with van der Waals surface area (Å²) in [4.78, 5) is 1.97. The molecule has 1 heterocycles. The third-order valence-corrected chi connectivity index (χ3v) is 3.70. The molecule has 4 nitrogen and oxygen atoms in total. The summed E-state index contributed by atoms with van der Waals surface area (Å²) in [5.41, 5.74) is 7.08. The van der Waals surface area contributed by atoms with Crippen LogP contribution in [0.2, 0.25) is 0 Å². The van der Waals surface area contributed by atoms with Gasteiger partial charge < -0.3 is 20.5 Å². The maximum absolute atomic E-state index is 13.6. The second-order valence-electron chi connectivity index (χ2n) is 4.46. The van der Waals surface area contributed by atoms with E-state index in [9.17, 15) is 4.39 Å². The van der Waals surface area contributed by atoms with Gasteiger partial charge in [-0.2, -0.15) is 0 Å². The highest BCUT2D eigenvalue weighted by molar-refractivity contribution is 9.10. The molecule has 0 saturated carbocycles. The van der Waals surface area contributed by atoms with Gasteiger partial charge in [0.25, 0.3) is 0 Å². The molecular formula is C12H16BrFN2O2. The fourth-order valence-electron chi connectivity index (χ4n) is 2.06. The molecule has 0 aromatic heterocycles. The van der Waals surface area contributed by atoms with Crippen LogP contribution in [0.4, 0.5) is 15.8 Å². The van der Waals surface area contributed by atoms with E-state index in [2.05, 4.69) is 15.9 Å². The third kappa shape index (κ3) is 2.60. The molecule has 1 aromatic rings. The van der Waals surface area contributed by atoms with E-state index in [0.29, 0.717) is 29.0 Å². The molecule has 0 amide bonds. The third-order valence-electron chi connectivity index (χ3n) is 3.09. The van der Waals surface area contributed by atoms with Crippen LogP contribution in [0, 0.1) is 5.82 Å². The number of aliphatic hydroxyl groups is 1. The Kier molecular flexibility index (Phi) is 4.09. The highest BCUT2D eigenvalue weighted by Crippen LogP contribution is 2.32. The highest BCUT2D eigenvalue weighted by atomic mass is 79.9. The Morgan fingerprint density at radius 2 is 2.33 bits per heavy atom. The van der Waals surface area contributed by atoms with Crippen LogP contribution in [0.5, 0.6) is 0 Å². The van der Waals surface area contributed by atoms with E-state index in [1.54, 1.807) is 6.07 Å². The van der Waals surface area contributed by atoms with Gasteiger partial charge in [0.1, 0.15) is 5.82 Å². The summed E-state index contributed by atoms with van der Waals surface area (Å²) < 4.78 is 19.4. The molecular weight excluding hydrogens is 303 g/mol. The number of aliphatic hydroxyl groups excluding tert-OH is 1. The average molecular weight is 319 g/mol. The molecule has 2 atom stereocenters. The van der Waals surface area contributed by atoms with E-state index in [-0.39, 0.29) is 24.6 Å². The van der Waals surface area contributed by atoms with Crippen molar-refractivity contribution >= 4 is 27.3 Å². The van der Waals surface area contributed by atoms with Crippen LogP contribution in [-0.2, 0) is 4.74 Å². The number of nitrogen functional groups attached to an aromatic ring is 1. The smallest absolute Gasteiger partial charge is 0.139 e. The normalized spacial score (nSPS) is 24.3. The number of halogens is 2. The van der Waals surface area contributed by atoms with Gasteiger partial charge in [-0.1, -0.05) is 0 Å². The van der Waals surface area contributed by atoms with E-state index in [4.69, 9.17) is 15.6 Å². The Bertz CT molecular complexity index is 444. The Morgan fingerprint density at radius 1 is 1.61 bits per heavy atom. The number of ether oxygens (including phenoxy) is 1. The predicted octanol–water partition coefficient (Wildman–Crippen LogP) is 1.76. The molecule has 1 saturated heterocycles. The second-order valence-corrected chi connectivity index (χ2v) is 5.32. The van der Waals surface area contributed by atoms with Crippen molar-refractivity contribution in [3.8, 4) is 0 Å². The summed E-state index contributed by atoms with van der Waals surface area (Å²) >= 11 is 3.11. The van der Waals surface area contributed by atoms with Crippen molar-refractivity contribution in [1.29, 1.82) is 0 Å². The molecule has 1 fully saturated rings. The minimum atomic E-state index is -0.349. The van der Waals surface area contributed by atoms with Gasteiger partial charge in [0.15, 0.2) is 0 Å². The molecule has 100 valence electrons. The number of nitrogens with zero attached hydrogens (tertiary/aromatic N) is 1. The molecule has 1 aromatic carbocycles. The number of hydrogen-bond acceptors (Lipinski definition) is 4. The van der Waals surface area contributed by atoms with Crippen molar-refractivity contribution < 1.29 is 14.2 Å². The summed E-state index contributed by atoms with van der Waals surface area (Å²) in [6.07, 6.45) is -0.257. The van der Waals surface area contributed by atoms with Crippen LogP contribution in [0.3, 0.4) is 0 Å². The molecule has 0 spiro atoms. The lowest BCUT2D eigenvalue weighted by Gasteiger charge is -2.39. The van der Waals surface area contributed by atoms with Crippen LogP contribution >= 0.6 is 15.9 Å². The zero-order valence-corrected chi connectivity index (χ0v) is 11.7. The standard InChI is InChI=1S/C12H16BrFN2O2/c1-7-6-18-8(5-17)4-16(7)12-3-10(14)9(13)2-11(12)15/h2-3,7-8,17H,4-6,15H2,1H3. The number of benzene rings is 1. The van der Waals surface area contributed by atoms with E-state index in [1.165, 1.54) is 6.07 Å². The number of anilines is 2. The van der Waals surface area contributed by atoms with Gasteiger partial charge in [-0.05, 0) is 28.9 Å². The summed E-state index contributed by atoms with van der Waals surface area (Å²) in [6, 6.07) is 3.06. The molecule has 1 aliphatic heterocycles. The Hall–Kier alpha value is -0.850. The topological polar surface area (TPSA) is 58.7 Å². The maximum Gasteiger partial charge on any atom is 0.139 e. The van der Waals surface area contributed by atoms with Gasteiger partial charge in [-0.25, -0.2) is 4.39 Å². The van der Waals surface area contributed by atoms with Crippen molar-refractivity contribution in [2.75, 3.05) is 30.4 Å². The van der Waals surface area contributed by atoms with Gasteiger partial charge >= 0.3 is 0 Å². The van der Waals surface area contributed by atoms with E-state index in [0.717, 1.165) is 0 Å². The van der Waals surface area contributed by atoms with E-state index < -0.39 is 0 Å². The first-order valence-corrected chi connectivity index (χ1v) is 6.56. The van der Waals surface area contributed by atoms with Crippen LogP contribution < -0.4 is 10.6 Å². The zero-order chi connectivity index (χ0) is 13.3.